The zero-order chi connectivity index (χ0) is 15.0. The summed E-state index contributed by atoms with van der Waals surface area (Å²) < 4.78 is 4.13. The average molecular weight is 303 g/mol. The van der Waals surface area contributed by atoms with Gasteiger partial charge < -0.3 is 5.73 Å². The van der Waals surface area contributed by atoms with Gasteiger partial charge in [0.1, 0.15) is 0 Å². The molecule has 3 heterocycles. The van der Waals surface area contributed by atoms with Crippen LogP contribution in [-0.2, 0) is 19.3 Å². The molecule has 2 N–H and O–H groups in total. The van der Waals surface area contributed by atoms with Crippen molar-refractivity contribution >= 4 is 16.3 Å². The molecule has 0 aromatic carbocycles. The third-order valence-electron chi connectivity index (χ3n) is 3.61. The first-order valence-electron chi connectivity index (χ1n) is 7.42. The molecule has 3 rings (SSSR count). The molecule has 5 nitrogen and oxygen atoms in total. The highest BCUT2D eigenvalue weighted by atomic mass is 32.1. The van der Waals surface area contributed by atoms with Crippen LogP contribution in [-0.4, -0.2) is 25.2 Å². The minimum absolute atomic E-state index is 0.0924. The largest absolute Gasteiger partial charge is 0.328 e. The van der Waals surface area contributed by atoms with Gasteiger partial charge in [-0.25, -0.2) is 4.68 Å². The number of nitrogens with zero attached hydrogens (tertiary/aromatic N) is 4. The second-order valence-electron chi connectivity index (χ2n) is 5.37. The third-order valence-corrected chi connectivity index (χ3v) is 4.37. The first-order chi connectivity index (χ1) is 10.1. The topological polar surface area (TPSA) is 61.1 Å². The highest BCUT2D eigenvalue weighted by molar-refractivity contribution is 7.15. The van der Waals surface area contributed by atoms with Crippen molar-refractivity contribution in [2.75, 3.05) is 0 Å². The second-order valence-corrected chi connectivity index (χ2v) is 6.24. The number of imidazole rings is 1. The Bertz CT molecular complexity index is 749. The molecule has 0 fully saturated rings. The molecule has 0 radical (unpaired) electrons. The molecule has 0 aliphatic carbocycles. The predicted molar refractivity (Wildman–Crippen MR) is 86.3 cm³/mol. The van der Waals surface area contributed by atoms with Crippen LogP contribution in [0.1, 0.15) is 37.9 Å². The lowest BCUT2D eigenvalue weighted by Crippen LogP contribution is -2.20. The number of rotatable bonds is 5. The number of hydrogen-bond acceptors (Lipinski definition) is 4. The molecular weight excluding hydrogens is 282 g/mol. The predicted octanol–water partition coefficient (Wildman–Crippen LogP) is 2.60. The van der Waals surface area contributed by atoms with Gasteiger partial charge in [0, 0.05) is 29.7 Å². The molecule has 21 heavy (non-hydrogen) atoms. The minimum Gasteiger partial charge on any atom is -0.328 e. The van der Waals surface area contributed by atoms with Gasteiger partial charge in [-0.15, -0.1) is 11.3 Å². The Kier molecular flexibility index (Phi) is 3.82. The first kappa shape index (κ1) is 14.3. The molecule has 112 valence electrons. The summed E-state index contributed by atoms with van der Waals surface area (Å²) in [5, 5.41) is 6.77. The van der Waals surface area contributed by atoms with E-state index in [-0.39, 0.29) is 6.04 Å². The molecule has 0 amide bonds. The maximum atomic E-state index is 6.02. The smallest absolute Gasteiger partial charge is 0.195 e. The van der Waals surface area contributed by atoms with E-state index in [9.17, 15) is 0 Å². The summed E-state index contributed by atoms with van der Waals surface area (Å²) in [6.07, 6.45) is 4.72. The van der Waals surface area contributed by atoms with Gasteiger partial charge in [0.15, 0.2) is 10.8 Å². The first-order valence-corrected chi connectivity index (χ1v) is 8.30. The van der Waals surface area contributed by atoms with Gasteiger partial charge in [0.2, 0.25) is 0 Å². The molecule has 0 aliphatic rings. The Balaban J connectivity index is 2.19. The van der Waals surface area contributed by atoms with Crippen LogP contribution >= 0.6 is 11.3 Å². The lowest BCUT2D eigenvalue weighted by atomic mass is 10.2. The molecule has 0 bridgehead atoms. The van der Waals surface area contributed by atoms with Gasteiger partial charge in [0.05, 0.1) is 11.4 Å². The van der Waals surface area contributed by atoms with Crippen molar-refractivity contribution in [1.29, 1.82) is 0 Å². The van der Waals surface area contributed by atoms with Crippen LogP contribution in [0, 0.1) is 0 Å². The molecule has 1 unspecified atom stereocenters. The lowest BCUT2D eigenvalue weighted by molar-refractivity contribution is 0.697. The Labute approximate surface area is 128 Å². The fraction of sp³-hybridized carbons (Fsp3) is 0.467. The maximum Gasteiger partial charge on any atom is 0.195 e. The van der Waals surface area contributed by atoms with E-state index in [4.69, 9.17) is 15.8 Å². The van der Waals surface area contributed by atoms with Crippen LogP contribution in [0.4, 0.5) is 0 Å². The molecular formula is C15H21N5S. The van der Waals surface area contributed by atoms with Gasteiger partial charge in [-0.1, -0.05) is 13.8 Å². The molecule has 0 saturated heterocycles. The van der Waals surface area contributed by atoms with Crippen LogP contribution in [0.15, 0.2) is 17.6 Å². The molecule has 3 aromatic rings. The van der Waals surface area contributed by atoms with Gasteiger partial charge in [0.25, 0.3) is 0 Å². The summed E-state index contributed by atoms with van der Waals surface area (Å²) in [6, 6.07) is 2.26. The van der Waals surface area contributed by atoms with Crippen molar-refractivity contribution in [3.63, 3.8) is 0 Å². The molecule has 0 saturated carbocycles. The van der Waals surface area contributed by atoms with Gasteiger partial charge in [-0.2, -0.15) is 10.1 Å². The summed E-state index contributed by atoms with van der Waals surface area (Å²) in [5.41, 5.74) is 9.47. The van der Waals surface area contributed by atoms with E-state index in [2.05, 4.69) is 35.9 Å². The Morgan fingerprint density at radius 3 is 2.81 bits per heavy atom. The zero-order valence-electron chi connectivity index (χ0n) is 12.7. The van der Waals surface area contributed by atoms with Crippen molar-refractivity contribution in [3.05, 3.63) is 34.7 Å². The molecule has 6 heteroatoms. The Hall–Kier alpha value is -1.66. The van der Waals surface area contributed by atoms with E-state index in [1.165, 1.54) is 5.69 Å². The normalized spacial score (nSPS) is 13.1. The SMILES string of the molecule is CCc1cc(CC)n(-c2nc3sccn3c2CC(C)N)n1. The van der Waals surface area contributed by atoms with E-state index in [1.54, 1.807) is 11.3 Å². The van der Waals surface area contributed by atoms with Crippen LogP contribution in [0.3, 0.4) is 0 Å². The van der Waals surface area contributed by atoms with Crippen LogP contribution in [0.5, 0.6) is 0 Å². The van der Waals surface area contributed by atoms with Gasteiger partial charge in [-0.05, 0) is 25.8 Å². The maximum absolute atomic E-state index is 6.02. The van der Waals surface area contributed by atoms with Crippen molar-refractivity contribution in [3.8, 4) is 5.82 Å². The molecule has 1 atom stereocenters. The monoisotopic (exact) mass is 303 g/mol. The summed E-state index contributed by atoms with van der Waals surface area (Å²) in [5.74, 6) is 0.927. The van der Waals surface area contributed by atoms with E-state index >= 15 is 0 Å². The van der Waals surface area contributed by atoms with Crippen molar-refractivity contribution < 1.29 is 0 Å². The number of hydrogen-bond donors (Lipinski definition) is 1. The molecule has 3 aromatic heterocycles. The van der Waals surface area contributed by atoms with Crippen molar-refractivity contribution in [2.45, 2.75) is 46.1 Å². The number of thiazole rings is 1. The quantitative estimate of drug-likeness (QED) is 0.788. The van der Waals surface area contributed by atoms with Crippen LogP contribution in [0.25, 0.3) is 10.8 Å². The number of aryl methyl sites for hydroxylation is 2. The van der Waals surface area contributed by atoms with E-state index in [0.29, 0.717) is 0 Å². The van der Waals surface area contributed by atoms with Crippen LogP contribution in [0.2, 0.25) is 0 Å². The summed E-state index contributed by atoms with van der Waals surface area (Å²) >= 11 is 1.64. The number of nitrogens with two attached hydrogens (primary N) is 1. The van der Waals surface area contributed by atoms with Crippen LogP contribution < -0.4 is 5.73 Å². The van der Waals surface area contributed by atoms with Gasteiger partial charge >= 0.3 is 0 Å². The third kappa shape index (κ3) is 2.49. The Morgan fingerprint density at radius 2 is 2.14 bits per heavy atom. The summed E-state index contributed by atoms with van der Waals surface area (Å²) in [6.45, 7) is 6.30. The van der Waals surface area contributed by atoms with Gasteiger partial charge in [-0.3, -0.25) is 4.40 Å². The Morgan fingerprint density at radius 1 is 1.33 bits per heavy atom. The average Bonchev–Trinajstić information content (AvgIpc) is 3.13. The zero-order valence-corrected chi connectivity index (χ0v) is 13.5. The summed E-state index contributed by atoms with van der Waals surface area (Å²) in [7, 11) is 0. The highest BCUT2D eigenvalue weighted by Gasteiger charge is 2.19. The molecule has 0 aliphatic heterocycles. The lowest BCUT2D eigenvalue weighted by Gasteiger charge is -2.09. The summed E-state index contributed by atoms with van der Waals surface area (Å²) in [4.78, 5) is 5.78. The molecule has 0 spiro atoms. The van der Waals surface area contributed by atoms with E-state index < -0.39 is 0 Å². The number of fused-ring (bicyclic) bond motifs is 1. The number of aromatic nitrogens is 4. The standard InChI is InChI=1S/C15H21N5S/c1-4-11-9-12(5-2)20(18-11)14-13(8-10(3)16)19-6-7-21-15(19)17-14/h6-7,9-10H,4-5,8,16H2,1-3H3. The van der Waals surface area contributed by atoms with E-state index in [0.717, 1.165) is 41.4 Å². The van der Waals surface area contributed by atoms with E-state index in [1.807, 2.05) is 11.6 Å². The van der Waals surface area contributed by atoms with Crippen molar-refractivity contribution in [2.24, 2.45) is 5.73 Å². The highest BCUT2D eigenvalue weighted by Crippen LogP contribution is 2.23. The minimum atomic E-state index is 0.0924. The fourth-order valence-electron chi connectivity index (χ4n) is 2.57. The fourth-order valence-corrected chi connectivity index (χ4v) is 3.30. The van der Waals surface area contributed by atoms with Crippen molar-refractivity contribution in [1.82, 2.24) is 19.2 Å². The second kappa shape index (κ2) is 5.61.